The van der Waals surface area contributed by atoms with Gasteiger partial charge >= 0.3 is 0 Å². The molecule has 1 aromatic carbocycles. The standard InChI is InChI=1S/C14H17BrN2O3/c1-9(18)16-12-4-3-11(20-2)6-13(12)17-8-10(7-15)5-14(17)19/h3-4,6,10H,5,7-8H2,1-2H3,(H,16,18). The van der Waals surface area contributed by atoms with E-state index >= 15 is 0 Å². The van der Waals surface area contributed by atoms with Gasteiger partial charge in [0.1, 0.15) is 5.75 Å². The minimum Gasteiger partial charge on any atom is -0.497 e. The fourth-order valence-electron chi connectivity index (χ4n) is 2.27. The predicted molar refractivity (Wildman–Crippen MR) is 81.6 cm³/mol. The summed E-state index contributed by atoms with van der Waals surface area (Å²) >= 11 is 3.42. The first-order chi connectivity index (χ1) is 9.55. The van der Waals surface area contributed by atoms with Gasteiger partial charge in [-0.2, -0.15) is 0 Å². The van der Waals surface area contributed by atoms with Crippen LogP contribution in [0.2, 0.25) is 0 Å². The van der Waals surface area contributed by atoms with Gasteiger partial charge in [-0.3, -0.25) is 9.59 Å². The van der Waals surface area contributed by atoms with Crippen molar-refractivity contribution in [3.63, 3.8) is 0 Å². The highest BCUT2D eigenvalue weighted by molar-refractivity contribution is 9.09. The van der Waals surface area contributed by atoms with Crippen LogP contribution in [-0.4, -0.2) is 30.8 Å². The van der Waals surface area contributed by atoms with Crippen LogP contribution in [0.5, 0.6) is 5.75 Å². The molecule has 0 radical (unpaired) electrons. The van der Waals surface area contributed by atoms with Crippen molar-refractivity contribution in [2.24, 2.45) is 5.92 Å². The van der Waals surface area contributed by atoms with E-state index in [4.69, 9.17) is 4.74 Å². The Morgan fingerprint density at radius 2 is 2.30 bits per heavy atom. The molecule has 2 amide bonds. The maximum Gasteiger partial charge on any atom is 0.227 e. The number of anilines is 2. The maximum absolute atomic E-state index is 12.1. The smallest absolute Gasteiger partial charge is 0.227 e. The molecule has 2 rings (SSSR count). The van der Waals surface area contributed by atoms with Crippen LogP contribution >= 0.6 is 15.9 Å². The molecule has 1 atom stereocenters. The largest absolute Gasteiger partial charge is 0.497 e. The number of benzene rings is 1. The number of nitrogens with zero attached hydrogens (tertiary/aromatic N) is 1. The van der Waals surface area contributed by atoms with E-state index in [0.717, 1.165) is 5.33 Å². The van der Waals surface area contributed by atoms with Gasteiger partial charge in [0.25, 0.3) is 0 Å². The lowest BCUT2D eigenvalue weighted by molar-refractivity contribution is -0.117. The Morgan fingerprint density at radius 1 is 1.55 bits per heavy atom. The monoisotopic (exact) mass is 340 g/mol. The zero-order valence-corrected chi connectivity index (χ0v) is 13.1. The van der Waals surface area contributed by atoms with Crippen LogP contribution in [0.4, 0.5) is 11.4 Å². The lowest BCUT2D eigenvalue weighted by Gasteiger charge is -2.21. The number of methoxy groups -OCH3 is 1. The molecule has 0 aliphatic carbocycles. The molecule has 0 bridgehead atoms. The van der Waals surface area contributed by atoms with Gasteiger partial charge < -0.3 is 15.0 Å². The van der Waals surface area contributed by atoms with Crippen molar-refractivity contribution in [1.82, 2.24) is 0 Å². The number of hydrogen-bond acceptors (Lipinski definition) is 3. The van der Waals surface area contributed by atoms with Crippen molar-refractivity contribution in [2.45, 2.75) is 13.3 Å². The molecule has 5 nitrogen and oxygen atoms in total. The second-order valence-corrected chi connectivity index (χ2v) is 5.44. The van der Waals surface area contributed by atoms with Gasteiger partial charge in [0, 0.05) is 31.3 Å². The second kappa shape index (κ2) is 6.26. The molecule has 0 aromatic heterocycles. The van der Waals surface area contributed by atoms with Gasteiger partial charge in [0.2, 0.25) is 11.8 Å². The molecule has 20 heavy (non-hydrogen) atoms. The Bertz CT molecular complexity index is 533. The van der Waals surface area contributed by atoms with Crippen LogP contribution in [0.3, 0.4) is 0 Å². The van der Waals surface area contributed by atoms with Crippen molar-refractivity contribution >= 4 is 39.1 Å². The molecule has 0 saturated carbocycles. The molecule has 1 fully saturated rings. The van der Waals surface area contributed by atoms with Gasteiger partial charge in [-0.25, -0.2) is 0 Å². The summed E-state index contributed by atoms with van der Waals surface area (Å²) in [6.45, 7) is 2.09. The quantitative estimate of drug-likeness (QED) is 0.856. The predicted octanol–water partition coefficient (Wildman–Crippen LogP) is 2.40. The first kappa shape index (κ1) is 14.8. The minimum atomic E-state index is -0.167. The van der Waals surface area contributed by atoms with E-state index in [0.29, 0.717) is 36.0 Å². The zero-order valence-electron chi connectivity index (χ0n) is 11.5. The number of amides is 2. The third-order valence-electron chi connectivity index (χ3n) is 3.23. The third-order valence-corrected chi connectivity index (χ3v) is 4.15. The van der Waals surface area contributed by atoms with Gasteiger partial charge in [-0.15, -0.1) is 0 Å². The van der Waals surface area contributed by atoms with E-state index in [-0.39, 0.29) is 11.8 Å². The Morgan fingerprint density at radius 3 is 2.85 bits per heavy atom. The van der Waals surface area contributed by atoms with Crippen molar-refractivity contribution in [3.8, 4) is 5.75 Å². The highest BCUT2D eigenvalue weighted by atomic mass is 79.9. The molecule has 1 unspecified atom stereocenters. The first-order valence-electron chi connectivity index (χ1n) is 6.37. The average Bonchev–Trinajstić information content (AvgIpc) is 2.80. The number of carbonyl (C=O) groups excluding carboxylic acids is 2. The van der Waals surface area contributed by atoms with Gasteiger partial charge in [0.15, 0.2) is 0 Å². The summed E-state index contributed by atoms with van der Waals surface area (Å²) in [4.78, 5) is 25.1. The van der Waals surface area contributed by atoms with Crippen LogP contribution < -0.4 is 15.0 Å². The molecular weight excluding hydrogens is 324 g/mol. The molecular formula is C14H17BrN2O3. The Balaban J connectivity index is 2.37. The summed E-state index contributed by atoms with van der Waals surface area (Å²) in [6, 6.07) is 5.29. The van der Waals surface area contributed by atoms with E-state index < -0.39 is 0 Å². The van der Waals surface area contributed by atoms with Crippen molar-refractivity contribution in [3.05, 3.63) is 18.2 Å². The van der Waals surface area contributed by atoms with Crippen molar-refractivity contribution in [2.75, 3.05) is 29.2 Å². The summed E-state index contributed by atoms with van der Waals surface area (Å²) in [5.41, 5.74) is 1.31. The molecule has 1 saturated heterocycles. The SMILES string of the molecule is COc1ccc(NC(C)=O)c(N2CC(CBr)CC2=O)c1. The first-order valence-corrected chi connectivity index (χ1v) is 7.49. The van der Waals surface area contributed by atoms with E-state index in [1.165, 1.54) is 6.92 Å². The third kappa shape index (κ3) is 3.12. The maximum atomic E-state index is 12.1. The van der Waals surface area contributed by atoms with Crippen molar-refractivity contribution < 1.29 is 14.3 Å². The Labute approximate surface area is 126 Å². The fraction of sp³-hybridized carbons (Fsp3) is 0.429. The molecule has 1 heterocycles. The summed E-state index contributed by atoms with van der Waals surface area (Å²) < 4.78 is 5.20. The average molecular weight is 341 g/mol. The van der Waals surface area contributed by atoms with Gasteiger partial charge in [0.05, 0.1) is 18.5 Å². The summed E-state index contributed by atoms with van der Waals surface area (Å²) in [5, 5.41) is 3.54. The summed E-state index contributed by atoms with van der Waals surface area (Å²) in [7, 11) is 1.57. The molecule has 0 spiro atoms. The number of ether oxygens (including phenoxy) is 1. The summed E-state index contributed by atoms with van der Waals surface area (Å²) in [6.07, 6.45) is 0.516. The number of rotatable bonds is 4. The number of hydrogen-bond donors (Lipinski definition) is 1. The van der Waals surface area contributed by atoms with E-state index in [2.05, 4.69) is 21.2 Å². The van der Waals surface area contributed by atoms with Crippen LogP contribution in [0.15, 0.2) is 18.2 Å². The minimum absolute atomic E-state index is 0.0642. The molecule has 1 aliphatic heterocycles. The molecule has 1 aromatic rings. The Kier molecular flexibility index (Phi) is 4.65. The number of carbonyl (C=O) groups is 2. The fourth-order valence-corrected chi connectivity index (χ4v) is 2.71. The van der Waals surface area contributed by atoms with E-state index in [9.17, 15) is 9.59 Å². The highest BCUT2D eigenvalue weighted by Gasteiger charge is 2.31. The van der Waals surface area contributed by atoms with Gasteiger partial charge in [-0.05, 0) is 18.1 Å². The molecule has 108 valence electrons. The highest BCUT2D eigenvalue weighted by Crippen LogP contribution is 2.35. The lowest BCUT2D eigenvalue weighted by atomic mass is 10.2. The van der Waals surface area contributed by atoms with Crippen LogP contribution in [0, 0.1) is 5.92 Å². The summed E-state index contributed by atoms with van der Waals surface area (Å²) in [5.74, 6) is 0.845. The van der Waals surface area contributed by atoms with Crippen LogP contribution in [0.1, 0.15) is 13.3 Å². The Hall–Kier alpha value is -1.56. The van der Waals surface area contributed by atoms with Gasteiger partial charge in [-0.1, -0.05) is 15.9 Å². The number of alkyl halides is 1. The number of halogens is 1. The molecule has 6 heteroatoms. The zero-order chi connectivity index (χ0) is 14.7. The second-order valence-electron chi connectivity index (χ2n) is 4.79. The van der Waals surface area contributed by atoms with Crippen LogP contribution in [-0.2, 0) is 9.59 Å². The number of nitrogens with one attached hydrogen (secondary N) is 1. The normalized spacial score (nSPS) is 18.2. The lowest BCUT2D eigenvalue weighted by Crippen LogP contribution is -2.26. The van der Waals surface area contributed by atoms with E-state index in [1.807, 2.05) is 0 Å². The molecule has 1 aliphatic rings. The van der Waals surface area contributed by atoms with E-state index in [1.54, 1.807) is 30.2 Å². The molecule has 1 N–H and O–H groups in total. The van der Waals surface area contributed by atoms with Crippen LogP contribution in [0.25, 0.3) is 0 Å². The topological polar surface area (TPSA) is 58.6 Å². The van der Waals surface area contributed by atoms with Crippen molar-refractivity contribution in [1.29, 1.82) is 0 Å².